The highest BCUT2D eigenvalue weighted by Gasteiger charge is 2.32. The van der Waals surface area contributed by atoms with Gasteiger partial charge in [-0.1, -0.05) is 18.2 Å². The summed E-state index contributed by atoms with van der Waals surface area (Å²) in [7, 11) is -3.59. The fourth-order valence-corrected chi connectivity index (χ4v) is 5.60. The summed E-state index contributed by atoms with van der Waals surface area (Å²) >= 11 is 0. The van der Waals surface area contributed by atoms with Crippen molar-refractivity contribution in [3.63, 3.8) is 0 Å². The van der Waals surface area contributed by atoms with Gasteiger partial charge in [0.25, 0.3) is 5.56 Å². The highest BCUT2D eigenvalue weighted by atomic mass is 32.2. The van der Waals surface area contributed by atoms with E-state index in [2.05, 4.69) is 10.00 Å². The third kappa shape index (κ3) is 4.22. The number of hydrogen-bond donors (Lipinski definition) is 1. The second kappa shape index (κ2) is 8.25. The molecule has 2 fully saturated rings. The molecule has 2 saturated heterocycles. The number of nitrogens with zero attached hydrogens (tertiary/aromatic N) is 4. The highest BCUT2D eigenvalue weighted by Crippen LogP contribution is 2.26. The zero-order valence-electron chi connectivity index (χ0n) is 16.2. The first-order valence-electron chi connectivity index (χ1n) is 10.0. The van der Waals surface area contributed by atoms with Crippen molar-refractivity contribution in [2.45, 2.75) is 42.7 Å². The Labute approximate surface area is 170 Å². The predicted octanol–water partition coefficient (Wildman–Crippen LogP) is 1.23. The van der Waals surface area contributed by atoms with Gasteiger partial charge in [-0.2, -0.15) is 9.40 Å². The molecule has 2 aromatic rings. The van der Waals surface area contributed by atoms with Gasteiger partial charge < -0.3 is 10.0 Å². The van der Waals surface area contributed by atoms with E-state index in [0.717, 1.165) is 5.69 Å². The molecule has 0 spiro atoms. The van der Waals surface area contributed by atoms with E-state index in [1.54, 1.807) is 42.6 Å². The van der Waals surface area contributed by atoms with E-state index in [9.17, 15) is 18.3 Å². The van der Waals surface area contributed by atoms with Gasteiger partial charge in [-0.05, 0) is 37.8 Å². The van der Waals surface area contributed by atoms with Crippen molar-refractivity contribution in [3.8, 4) is 0 Å². The molecule has 0 amide bonds. The third-order valence-corrected chi connectivity index (χ3v) is 7.61. The lowest BCUT2D eigenvalue weighted by Crippen LogP contribution is -2.43. The van der Waals surface area contributed by atoms with Crippen molar-refractivity contribution in [1.82, 2.24) is 14.1 Å². The van der Waals surface area contributed by atoms with Crippen LogP contribution in [0.25, 0.3) is 0 Å². The van der Waals surface area contributed by atoms with E-state index in [4.69, 9.17) is 0 Å². The van der Waals surface area contributed by atoms with E-state index >= 15 is 0 Å². The second-order valence-corrected chi connectivity index (χ2v) is 9.62. The SMILES string of the molecule is O=c1cc(N2CCC(O)CC2)cnn1[C@@H]1CCCN(S(=O)(=O)c2ccccc2)C1. The van der Waals surface area contributed by atoms with Gasteiger partial charge in [0, 0.05) is 32.2 Å². The fourth-order valence-electron chi connectivity index (χ4n) is 4.06. The minimum atomic E-state index is -3.59. The van der Waals surface area contributed by atoms with Gasteiger partial charge in [-0.25, -0.2) is 13.1 Å². The van der Waals surface area contributed by atoms with Crippen molar-refractivity contribution < 1.29 is 13.5 Å². The maximum absolute atomic E-state index is 12.9. The number of aliphatic hydroxyl groups excluding tert-OH is 1. The lowest BCUT2D eigenvalue weighted by Gasteiger charge is -2.33. The molecular weight excluding hydrogens is 392 g/mol. The Balaban J connectivity index is 1.52. The molecule has 9 heteroatoms. The summed E-state index contributed by atoms with van der Waals surface area (Å²) < 4.78 is 28.7. The molecule has 156 valence electrons. The number of rotatable bonds is 4. The summed E-state index contributed by atoms with van der Waals surface area (Å²) in [5.41, 5.74) is 0.528. The van der Waals surface area contributed by atoms with Crippen molar-refractivity contribution in [2.24, 2.45) is 0 Å². The van der Waals surface area contributed by atoms with Gasteiger partial charge in [0.1, 0.15) is 0 Å². The third-order valence-electron chi connectivity index (χ3n) is 5.73. The Morgan fingerprint density at radius 3 is 2.45 bits per heavy atom. The largest absolute Gasteiger partial charge is 0.393 e. The molecule has 0 aliphatic carbocycles. The minimum Gasteiger partial charge on any atom is -0.393 e. The van der Waals surface area contributed by atoms with Crippen LogP contribution in [0.1, 0.15) is 31.7 Å². The summed E-state index contributed by atoms with van der Waals surface area (Å²) in [6, 6.07) is 9.66. The zero-order chi connectivity index (χ0) is 20.4. The maximum atomic E-state index is 12.9. The summed E-state index contributed by atoms with van der Waals surface area (Å²) in [6.07, 6.45) is 4.14. The smallest absolute Gasteiger partial charge is 0.269 e. The summed E-state index contributed by atoms with van der Waals surface area (Å²) in [4.78, 5) is 15.1. The molecule has 8 nitrogen and oxygen atoms in total. The Hall–Kier alpha value is -2.23. The van der Waals surface area contributed by atoms with Crippen LogP contribution in [-0.2, 0) is 10.0 Å². The maximum Gasteiger partial charge on any atom is 0.269 e. The molecule has 3 heterocycles. The fraction of sp³-hybridized carbons (Fsp3) is 0.500. The second-order valence-electron chi connectivity index (χ2n) is 7.69. The van der Waals surface area contributed by atoms with Crippen molar-refractivity contribution >= 4 is 15.7 Å². The molecule has 1 N–H and O–H groups in total. The molecule has 0 unspecified atom stereocenters. The monoisotopic (exact) mass is 418 g/mol. The molecule has 1 aromatic carbocycles. The average Bonchev–Trinajstić information content (AvgIpc) is 2.75. The Morgan fingerprint density at radius 2 is 1.76 bits per heavy atom. The van der Waals surface area contributed by atoms with Crippen LogP contribution in [0.4, 0.5) is 5.69 Å². The van der Waals surface area contributed by atoms with Crippen molar-refractivity contribution in [2.75, 3.05) is 31.1 Å². The number of aliphatic hydroxyl groups is 1. The van der Waals surface area contributed by atoms with Gasteiger partial charge in [0.2, 0.25) is 10.0 Å². The lowest BCUT2D eigenvalue weighted by atomic mass is 10.1. The molecule has 2 aliphatic heterocycles. The zero-order valence-corrected chi connectivity index (χ0v) is 17.0. The van der Waals surface area contributed by atoms with Gasteiger partial charge in [-0.15, -0.1) is 0 Å². The molecule has 1 aromatic heterocycles. The average molecular weight is 419 g/mol. The van der Waals surface area contributed by atoms with E-state index in [0.29, 0.717) is 45.3 Å². The minimum absolute atomic E-state index is 0.224. The molecule has 0 saturated carbocycles. The van der Waals surface area contributed by atoms with E-state index < -0.39 is 10.0 Å². The molecule has 2 aliphatic rings. The van der Waals surface area contributed by atoms with Crippen LogP contribution >= 0.6 is 0 Å². The Kier molecular flexibility index (Phi) is 5.71. The Bertz CT molecular complexity index is 1000. The van der Waals surface area contributed by atoms with Crippen molar-refractivity contribution in [3.05, 3.63) is 52.9 Å². The number of hydrogen-bond acceptors (Lipinski definition) is 6. The topological polar surface area (TPSA) is 95.7 Å². The van der Waals surface area contributed by atoms with Crippen LogP contribution in [0.2, 0.25) is 0 Å². The number of anilines is 1. The first kappa shape index (κ1) is 20.1. The number of piperidine rings is 2. The van der Waals surface area contributed by atoms with Gasteiger partial charge in [-0.3, -0.25) is 4.79 Å². The predicted molar refractivity (Wildman–Crippen MR) is 109 cm³/mol. The summed E-state index contributed by atoms with van der Waals surface area (Å²) in [5.74, 6) is 0. The van der Waals surface area contributed by atoms with Gasteiger partial charge in [0.05, 0.1) is 28.9 Å². The molecule has 0 radical (unpaired) electrons. The Morgan fingerprint density at radius 1 is 1.03 bits per heavy atom. The lowest BCUT2D eigenvalue weighted by molar-refractivity contribution is 0.145. The van der Waals surface area contributed by atoms with Crippen LogP contribution in [0.3, 0.4) is 0 Å². The van der Waals surface area contributed by atoms with Crippen LogP contribution in [0, 0.1) is 0 Å². The van der Waals surface area contributed by atoms with Crippen LogP contribution in [0.5, 0.6) is 0 Å². The summed E-state index contributed by atoms with van der Waals surface area (Å²) in [5, 5.41) is 14.0. The number of sulfonamides is 1. The van der Waals surface area contributed by atoms with E-state index in [1.807, 2.05) is 0 Å². The normalized spacial score (nSPS) is 22.0. The van der Waals surface area contributed by atoms with E-state index in [-0.39, 0.29) is 29.1 Å². The van der Waals surface area contributed by atoms with Gasteiger partial charge >= 0.3 is 0 Å². The van der Waals surface area contributed by atoms with Crippen LogP contribution < -0.4 is 10.5 Å². The van der Waals surface area contributed by atoms with Crippen LogP contribution in [-0.4, -0.2) is 59.9 Å². The molecule has 29 heavy (non-hydrogen) atoms. The summed E-state index contributed by atoms with van der Waals surface area (Å²) in [6.45, 7) is 2.06. The first-order chi connectivity index (χ1) is 13.9. The molecule has 1 atom stereocenters. The highest BCUT2D eigenvalue weighted by molar-refractivity contribution is 7.89. The van der Waals surface area contributed by atoms with Crippen LogP contribution in [0.15, 0.2) is 52.3 Å². The van der Waals surface area contributed by atoms with E-state index in [1.165, 1.54) is 8.99 Å². The quantitative estimate of drug-likeness (QED) is 0.802. The first-order valence-corrected chi connectivity index (χ1v) is 11.5. The van der Waals surface area contributed by atoms with Gasteiger partial charge in [0.15, 0.2) is 0 Å². The molecule has 4 rings (SSSR count). The molecule has 0 bridgehead atoms. The number of aromatic nitrogens is 2. The number of benzene rings is 1. The molecular formula is C20H26N4O4S. The standard InChI is InChI=1S/C20H26N4O4S/c25-18-8-11-22(12-9-18)17-13-20(26)24(21-14-17)16-5-4-10-23(15-16)29(27,28)19-6-2-1-3-7-19/h1-3,6-7,13-14,16,18,25H,4-5,8-12,15H2/t16-/m1/s1. The van der Waals surface area contributed by atoms with Crippen molar-refractivity contribution in [1.29, 1.82) is 0 Å².